The highest BCUT2D eigenvalue weighted by atomic mass is 35.5. The standard InChI is InChI=1S/C6H9NO2.ClH/c1-3-2-4(5(3)7)6(8)9;/h4-5H,1-2,7H2,(H,8,9);1H/t4-,5+;/m1./s1. The van der Waals surface area contributed by atoms with Gasteiger partial charge in [-0.25, -0.2) is 0 Å². The predicted molar refractivity (Wildman–Crippen MR) is 40.1 cm³/mol. The highest BCUT2D eigenvalue weighted by molar-refractivity contribution is 5.85. The van der Waals surface area contributed by atoms with Gasteiger partial charge in [0.05, 0.1) is 5.92 Å². The van der Waals surface area contributed by atoms with Crippen LogP contribution in [0.1, 0.15) is 6.42 Å². The summed E-state index contributed by atoms with van der Waals surface area (Å²) >= 11 is 0. The number of aliphatic carboxylic acids is 1. The Labute approximate surface area is 65.3 Å². The smallest absolute Gasteiger partial charge is 0.308 e. The van der Waals surface area contributed by atoms with Crippen molar-refractivity contribution < 1.29 is 9.90 Å². The largest absolute Gasteiger partial charge is 0.481 e. The number of rotatable bonds is 1. The Morgan fingerprint density at radius 1 is 1.80 bits per heavy atom. The molecule has 0 saturated heterocycles. The Balaban J connectivity index is 0.000000810. The van der Waals surface area contributed by atoms with Crippen molar-refractivity contribution in [2.75, 3.05) is 0 Å². The molecule has 3 N–H and O–H groups in total. The minimum atomic E-state index is -0.810. The van der Waals surface area contributed by atoms with E-state index in [9.17, 15) is 4.79 Å². The zero-order valence-corrected chi connectivity index (χ0v) is 6.23. The normalized spacial score (nSPS) is 30.3. The first-order chi connectivity index (χ1) is 4.13. The molecule has 0 aromatic rings. The Morgan fingerprint density at radius 3 is 2.40 bits per heavy atom. The molecule has 0 bridgehead atoms. The number of carbonyl (C=O) groups is 1. The lowest BCUT2D eigenvalue weighted by atomic mass is 9.76. The van der Waals surface area contributed by atoms with Gasteiger partial charge in [0.15, 0.2) is 0 Å². The topological polar surface area (TPSA) is 63.3 Å². The average molecular weight is 164 g/mol. The summed E-state index contributed by atoms with van der Waals surface area (Å²) < 4.78 is 0. The van der Waals surface area contributed by atoms with Gasteiger partial charge in [0.25, 0.3) is 0 Å². The lowest BCUT2D eigenvalue weighted by Gasteiger charge is -2.32. The van der Waals surface area contributed by atoms with Gasteiger partial charge in [-0.3, -0.25) is 4.79 Å². The summed E-state index contributed by atoms with van der Waals surface area (Å²) in [7, 11) is 0. The zero-order chi connectivity index (χ0) is 7.02. The average Bonchev–Trinajstić information content (AvgIpc) is 1.81. The molecule has 0 heterocycles. The van der Waals surface area contributed by atoms with E-state index in [1.54, 1.807) is 0 Å². The summed E-state index contributed by atoms with van der Waals surface area (Å²) in [6, 6.07) is -0.303. The fourth-order valence-corrected chi connectivity index (χ4v) is 0.910. The van der Waals surface area contributed by atoms with Gasteiger partial charge < -0.3 is 10.8 Å². The van der Waals surface area contributed by atoms with E-state index in [4.69, 9.17) is 10.8 Å². The molecule has 0 aliphatic heterocycles. The maximum atomic E-state index is 10.2. The molecule has 0 amide bonds. The van der Waals surface area contributed by atoms with Crippen LogP contribution in [0.2, 0.25) is 0 Å². The first kappa shape index (κ1) is 9.46. The van der Waals surface area contributed by atoms with Gasteiger partial charge in [0.1, 0.15) is 0 Å². The third-order valence-electron chi connectivity index (χ3n) is 1.70. The fourth-order valence-electron chi connectivity index (χ4n) is 0.910. The van der Waals surface area contributed by atoms with E-state index in [0.717, 1.165) is 5.57 Å². The second kappa shape index (κ2) is 3.03. The lowest BCUT2D eigenvalue weighted by molar-refractivity contribution is -0.143. The third kappa shape index (κ3) is 1.30. The molecule has 0 spiro atoms. The summed E-state index contributed by atoms with van der Waals surface area (Å²) in [6.45, 7) is 3.59. The first-order valence-electron chi connectivity index (χ1n) is 2.79. The molecule has 3 nitrogen and oxygen atoms in total. The minimum absolute atomic E-state index is 0. The number of hydrogen-bond donors (Lipinski definition) is 2. The summed E-state index contributed by atoms with van der Waals surface area (Å²) in [5.74, 6) is -1.19. The summed E-state index contributed by atoms with van der Waals surface area (Å²) in [6.07, 6.45) is 0.552. The molecule has 0 radical (unpaired) electrons. The fraction of sp³-hybridized carbons (Fsp3) is 0.500. The highest BCUT2D eigenvalue weighted by Gasteiger charge is 2.36. The van der Waals surface area contributed by atoms with Crippen molar-refractivity contribution in [3.8, 4) is 0 Å². The number of carboxylic acids is 1. The Bertz CT molecular complexity index is 169. The third-order valence-corrected chi connectivity index (χ3v) is 1.70. The van der Waals surface area contributed by atoms with Crippen LogP contribution < -0.4 is 5.73 Å². The van der Waals surface area contributed by atoms with Crippen LogP contribution in [-0.2, 0) is 4.79 Å². The summed E-state index contributed by atoms with van der Waals surface area (Å²) in [4.78, 5) is 10.2. The van der Waals surface area contributed by atoms with Crippen LogP contribution in [-0.4, -0.2) is 17.1 Å². The second-order valence-corrected chi connectivity index (χ2v) is 2.33. The molecule has 1 rings (SSSR count). The second-order valence-electron chi connectivity index (χ2n) is 2.33. The van der Waals surface area contributed by atoms with E-state index in [0.29, 0.717) is 6.42 Å². The van der Waals surface area contributed by atoms with E-state index in [1.165, 1.54) is 0 Å². The Morgan fingerprint density at radius 2 is 2.30 bits per heavy atom. The molecule has 10 heavy (non-hydrogen) atoms. The summed E-state index contributed by atoms with van der Waals surface area (Å²) in [5, 5.41) is 8.40. The maximum absolute atomic E-state index is 10.2. The van der Waals surface area contributed by atoms with Crippen molar-refractivity contribution in [2.24, 2.45) is 11.7 Å². The van der Waals surface area contributed by atoms with Crippen molar-refractivity contribution in [3.63, 3.8) is 0 Å². The molecular weight excluding hydrogens is 154 g/mol. The summed E-state index contributed by atoms with van der Waals surface area (Å²) in [5.41, 5.74) is 6.24. The van der Waals surface area contributed by atoms with Crippen LogP contribution in [0.5, 0.6) is 0 Å². The number of carboxylic acid groups (broad SMARTS) is 1. The monoisotopic (exact) mass is 163 g/mol. The lowest BCUT2D eigenvalue weighted by Crippen LogP contribution is -2.45. The molecule has 0 aromatic carbocycles. The van der Waals surface area contributed by atoms with Crippen LogP contribution in [0.4, 0.5) is 0 Å². The van der Waals surface area contributed by atoms with E-state index < -0.39 is 5.97 Å². The molecule has 0 aromatic heterocycles. The zero-order valence-electron chi connectivity index (χ0n) is 5.41. The Hall–Kier alpha value is -0.540. The van der Waals surface area contributed by atoms with E-state index >= 15 is 0 Å². The van der Waals surface area contributed by atoms with Crippen molar-refractivity contribution in [3.05, 3.63) is 12.2 Å². The minimum Gasteiger partial charge on any atom is -0.481 e. The van der Waals surface area contributed by atoms with Crippen LogP contribution in [0.15, 0.2) is 12.2 Å². The molecule has 1 aliphatic carbocycles. The number of halogens is 1. The van der Waals surface area contributed by atoms with E-state index in [-0.39, 0.29) is 24.4 Å². The van der Waals surface area contributed by atoms with Crippen molar-refractivity contribution in [2.45, 2.75) is 12.5 Å². The molecule has 58 valence electrons. The number of hydrogen-bond acceptors (Lipinski definition) is 2. The van der Waals surface area contributed by atoms with Gasteiger partial charge in [-0.2, -0.15) is 0 Å². The Kier molecular flexibility index (Phi) is 2.87. The van der Waals surface area contributed by atoms with Crippen LogP contribution in [0.25, 0.3) is 0 Å². The predicted octanol–water partition coefficient (Wildman–Crippen LogP) is 0.396. The maximum Gasteiger partial charge on any atom is 0.308 e. The molecule has 4 heteroatoms. The number of nitrogens with two attached hydrogens (primary N) is 1. The molecular formula is C6H10ClNO2. The van der Waals surface area contributed by atoms with Gasteiger partial charge >= 0.3 is 5.97 Å². The highest BCUT2D eigenvalue weighted by Crippen LogP contribution is 2.30. The van der Waals surface area contributed by atoms with Crippen LogP contribution in [0.3, 0.4) is 0 Å². The van der Waals surface area contributed by atoms with E-state index in [2.05, 4.69) is 6.58 Å². The van der Waals surface area contributed by atoms with Crippen molar-refractivity contribution in [1.82, 2.24) is 0 Å². The molecule has 0 unspecified atom stereocenters. The molecule has 1 aliphatic rings. The van der Waals surface area contributed by atoms with Gasteiger partial charge in [-0.1, -0.05) is 12.2 Å². The van der Waals surface area contributed by atoms with Crippen LogP contribution in [0, 0.1) is 5.92 Å². The molecule has 1 saturated carbocycles. The van der Waals surface area contributed by atoms with E-state index in [1.807, 2.05) is 0 Å². The van der Waals surface area contributed by atoms with Crippen molar-refractivity contribution >= 4 is 18.4 Å². The quantitative estimate of drug-likeness (QED) is 0.550. The van der Waals surface area contributed by atoms with Crippen molar-refractivity contribution in [1.29, 1.82) is 0 Å². The first-order valence-corrected chi connectivity index (χ1v) is 2.79. The van der Waals surface area contributed by atoms with Crippen LogP contribution >= 0.6 is 12.4 Å². The molecule has 1 fully saturated rings. The van der Waals surface area contributed by atoms with Gasteiger partial charge in [-0.15, -0.1) is 12.4 Å². The SMILES string of the molecule is C=C1C[C@@H](C(=O)O)[C@H]1N.Cl. The molecule has 2 atom stereocenters. The van der Waals surface area contributed by atoms with Gasteiger partial charge in [0, 0.05) is 6.04 Å². The van der Waals surface area contributed by atoms with Gasteiger partial charge in [0.2, 0.25) is 0 Å². The van der Waals surface area contributed by atoms with Gasteiger partial charge in [-0.05, 0) is 6.42 Å².